The van der Waals surface area contributed by atoms with Crippen molar-refractivity contribution >= 4 is 19.4 Å². The predicted molar refractivity (Wildman–Crippen MR) is 105 cm³/mol. The highest BCUT2D eigenvalue weighted by molar-refractivity contribution is 7.53. The van der Waals surface area contributed by atoms with Crippen LogP contribution in [-0.4, -0.2) is 31.5 Å². The summed E-state index contributed by atoms with van der Waals surface area (Å²) < 4.78 is 28.8. The molecule has 0 fully saturated rings. The topological polar surface area (TPSA) is 65.1 Å². The fourth-order valence-corrected chi connectivity index (χ4v) is 4.10. The molecule has 0 bridgehead atoms. The summed E-state index contributed by atoms with van der Waals surface area (Å²) in [5.41, 5.74) is 1.03. The third kappa shape index (κ3) is 7.48. The van der Waals surface area contributed by atoms with Gasteiger partial charge in [-0.3, -0.25) is 9.46 Å². The average molecular weight is 385 g/mol. The highest BCUT2D eigenvalue weighted by Crippen LogP contribution is 2.51. The Labute approximate surface area is 157 Å². The molecule has 0 heterocycles. The monoisotopic (exact) mass is 385 g/mol. The molecule has 26 heavy (non-hydrogen) atoms. The summed E-state index contributed by atoms with van der Waals surface area (Å²) in [6.07, 6.45) is 0.640. The number of hydrogen-bond acceptors (Lipinski definition) is 5. The first-order valence-corrected chi connectivity index (χ1v) is 10.8. The molecule has 1 aromatic rings. The van der Waals surface area contributed by atoms with E-state index in [2.05, 4.69) is 0 Å². The average Bonchev–Trinajstić information content (AvgIpc) is 2.52. The van der Waals surface area contributed by atoms with Crippen LogP contribution in [0.1, 0.15) is 53.5 Å². The zero-order chi connectivity index (χ0) is 19.8. The smallest absolute Gasteiger partial charge is 0.414 e. The maximum atomic E-state index is 12.6. The lowest BCUT2D eigenvalue weighted by Crippen LogP contribution is -2.37. The Hall–Kier alpha value is -1.36. The minimum absolute atomic E-state index is 0.204. The van der Waals surface area contributed by atoms with Crippen LogP contribution in [0.4, 0.5) is 10.5 Å². The molecule has 0 saturated carbocycles. The van der Waals surface area contributed by atoms with Gasteiger partial charge in [0.15, 0.2) is 0 Å². The van der Waals surface area contributed by atoms with Gasteiger partial charge in [-0.25, -0.2) is 4.79 Å². The van der Waals surface area contributed by atoms with E-state index < -0.39 is 13.2 Å². The minimum Gasteiger partial charge on any atom is -0.443 e. The molecule has 0 aliphatic heterocycles. The number of carbonyl (C=O) groups is 1. The molecule has 148 valence electrons. The normalized spacial score (nSPS) is 12.1. The number of benzene rings is 1. The molecule has 0 radical (unpaired) electrons. The second-order valence-corrected chi connectivity index (χ2v) is 8.96. The molecule has 1 rings (SSSR count). The van der Waals surface area contributed by atoms with E-state index in [1.165, 1.54) is 0 Å². The molecule has 0 unspecified atom stereocenters. The van der Waals surface area contributed by atoms with Crippen molar-refractivity contribution in [2.24, 2.45) is 0 Å². The Morgan fingerprint density at radius 1 is 1.04 bits per heavy atom. The molecule has 0 spiro atoms. The first-order chi connectivity index (χ1) is 12.1. The number of anilines is 1. The molecular formula is C19H32NO5P. The molecule has 1 aromatic carbocycles. The molecule has 0 aliphatic carbocycles. The third-order valence-electron chi connectivity index (χ3n) is 3.34. The van der Waals surface area contributed by atoms with Crippen molar-refractivity contribution < 1.29 is 23.1 Å². The van der Waals surface area contributed by atoms with Crippen LogP contribution in [0, 0.1) is 0 Å². The highest BCUT2D eigenvalue weighted by Gasteiger charge is 2.25. The summed E-state index contributed by atoms with van der Waals surface area (Å²) in [4.78, 5) is 14.1. The fourth-order valence-electron chi connectivity index (χ4n) is 2.39. The van der Waals surface area contributed by atoms with Gasteiger partial charge in [0.1, 0.15) is 5.60 Å². The van der Waals surface area contributed by atoms with Crippen molar-refractivity contribution in [1.82, 2.24) is 0 Å². The summed E-state index contributed by atoms with van der Waals surface area (Å²) in [5.74, 6) is 0. The summed E-state index contributed by atoms with van der Waals surface area (Å²) in [5, 5.41) is 0. The minimum atomic E-state index is -3.14. The molecule has 0 aromatic heterocycles. The van der Waals surface area contributed by atoms with E-state index in [1.54, 1.807) is 18.7 Å². The van der Waals surface area contributed by atoms with E-state index in [-0.39, 0.29) is 12.3 Å². The molecule has 0 atom stereocenters. The Morgan fingerprint density at radius 2 is 1.58 bits per heavy atom. The van der Waals surface area contributed by atoms with E-state index in [0.29, 0.717) is 19.8 Å². The van der Waals surface area contributed by atoms with Crippen molar-refractivity contribution in [2.75, 3.05) is 24.7 Å². The van der Waals surface area contributed by atoms with Gasteiger partial charge in [0, 0.05) is 12.2 Å². The van der Waals surface area contributed by atoms with E-state index in [1.807, 2.05) is 52.0 Å². The molecule has 1 amide bonds. The number of ether oxygens (including phenoxy) is 1. The van der Waals surface area contributed by atoms with Crippen molar-refractivity contribution in [1.29, 1.82) is 0 Å². The lowest BCUT2D eigenvalue weighted by atomic mass is 10.2. The first kappa shape index (κ1) is 22.7. The van der Waals surface area contributed by atoms with Gasteiger partial charge >= 0.3 is 13.7 Å². The van der Waals surface area contributed by atoms with E-state index in [4.69, 9.17) is 13.8 Å². The van der Waals surface area contributed by atoms with Crippen LogP contribution in [0.25, 0.3) is 0 Å². The van der Waals surface area contributed by atoms with Gasteiger partial charge in [0.2, 0.25) is 0 Å². The molecule has 7 heteroatoms. The molecule has 0 saturated heterocycles. The van der Waals surface area contributed by atoms with Gasteiger partial charge in [-0.1, -0.05) is 19.1 Å². The Kier molecular flexibility index (Phi) is 8.81. The maximum Gasteiger partial charge on any atom is 0.414 e. The predicted octanol–water partition coefficient (Wildman–Crippen LogP) is 5.60. The summed E-state index contributed by atoms with van der Waals surface area (Å²) >= 11 is 0. The van der Waals surface area contributed by atoms with Gasteiger partial charge in [0.05, 0.1) is 19.4 Å². The zero-order valence-electron chi connectivity index (χ0n) is 16.8. The van der Waals surface area contributed by atoms with Crippen LogP contribution >= 0.6 is 7.60 Å². The van der Waals surface area contributed by atoms with Crippen LogP contribution < -0.4 is 4.90 Å². The van der Waals surface area contributed by atoms with Crippen molar-refractivity contribution in [2.45, 2.75) is 59.7 Å². The summed E-state index contributed by atoms with van der Waals surface area (Å²) in [6.45, 7) is 12.3. The maximum absolute atomic E-state index is 12.6. The van der Waals surface area contributed by atoms with Crippen molar-refractivity contribution in [3.8, 4) is 0 Å². The number of amides is 1. The Morgan fingerprint density at radius 3 is 2.00 bits per heavy atom. The van der Waals surface area contributed by atoms with Crippen LogP contribution in [0.15, 0.2) is 24.3 Å². The lowest BCUT2D eigenvalue weighted by molar-refractivity contribution is 0.0580. The number of hydrogen-bond donors (Lipinski definition) is 0. The van der Waals surface area contributed by atoms with Crippen molar-refractivity contribution in [3.05, 3.63) is 29.8 Å². The quantitative estimate of drug-likeness (QED) is 0.517. The highest BCUT2D eigenvalue weighted by atomic mass is 31.2. The summed E-state index contributed by atoms with van der Waals surface area (Å²) in [7, 11) is -3.14. The number of nitrogens with zero attached hydrogens (tertiary/aromatic N) is 1. The van der Waals surface area contributed by atoms with E-state index in [9.17, 15) is 9.36 Å². The van der Waals surface area contributed by atoms with E-state index in [0.717, 1.165) is 17.7 Å². The molecule has 0 N–H and O–H groups in total. The number of rotatable bonds is 9. The van der Waals surface area contributed by atoms with Crippen LogP contribution in [0.3, 0.4) is 0 Å². The van der Waals surface area contributed by atoms with Crippen molar-refractivity contribution in [3.63, 3.8) is 0 Å². The second kappa shape index (κ2) is 10.1. The molecule has 6 nitrogen and oxygen atoms in total. The Balaban J connectivity index is 2.94. The third-order valence-corrected chi connectivity index (χ3v) is 5.39. The zero-order valence-corrected chi connectivity index (χ0v) is 17.7. The van der Waals surface area contributed by atoms with Gasteiger partial charge in [-0.2, -0.15) is 0 Å². The fraction of sp³-hybridized carbons (Fsp3) is 0.632. The largest absolute Gasteiger partial charge is 0.443 e. The second-order valence-electron chi connectivity index (χ2n) is 6.90. The van der Waals surface area contributed by atoms with Crippen LogP contribution in [0.2, 0.25) is 0 Å². The van der Waals surface area contributed by atoms with Gasteiger partial charge < -0.3 is 13.8 Å². The Bertz CT molecular complexity index is 599. The molecule has 0 aliphatic rings. The van der Waals surface area contributed by atoms with Crippen LogP contribution in [0.5, 0.6) is 0 Å². The van der Waals surface area contributed by atoms with Crippen LogP contribution in [-0.2, 0) is 24.5 Å². The van der Waals surface area contributed by atoms with E-state index >= 15 is 0 Å². The standard InChI is InChI=1S/C19H32NO5P/c1-7-14-20(18(21)25-19(4,5)6)17-12-10-16(11-13-17)15-26(22,23-8-2)24-9-3/h10-13H,7-9,14-15H2,1-6H3. The summed E-state index contributed by atoms with van der Waals surface area (Å²) in [6, 6.07) is 7.34. The van der Waals surface area contributed by atoms with Gasteiger partial charge in [-0.15, -0.1) is 0 Å². The first-order valence-electron chi connectivity index (χ1n) is 9.11. The SMILES string of the molecule is CCCN(C(=O)OC(C)(C)C)c1ccc(CP(=O)(OCC)OCC)cc1. The lowest BCUT2D eigenvalue weighted by Gasteiger charge is -2.27. The van der Waals surface area contributed by atoms with Gasteiger partial charge in [-0.05, 0) is 58.7 Å². The number of carbonyl (C=O) groups excluding carboxylic acids is 1. The molecular weight excluding hydrogens is 353 g/mol. The van der Waals surface area contributed by atoms with Gasteiger partial charge in [0.25, 0.3) is 0 Å².